The maximum Gasteiger partial charge on any atom is 0.343 e. The largest absolute Gasteiger partial charge is 0.496 e. The summed E-state index contributed by atoms with van der Waals surface area (Å²) >= 11 is 0. The summed E-state index contributed by atoms with van der Waals surface area (Å²) in [4.78, 5) is 12.3. The lowest BCUT2D eigenvalue weighted by Crippen LogP contribution is -1.98. The molecule has 0 radical (unpaired) electrons. The third kappa shape index (κ3) is 4.44. The molecule has 150 valence electrons. The molecule has 0 bridgehead atoms. The maximum absolute atomic E-state index is 12.3. The van der Waals surface area contributed by atoms with E-state index < -0.39 is 0 Å². The summed E-state index contributed by atoms with van der Waals surface area (Å²) in [6.07, 6.45) is 3.55. The maximum atomic E-state index is 12.3. The van der Waals surface area contributed by atoms with E-state index in [1.54, 1.807) is 19.3 Å². The molecule has 0 unspecified atom stereocenters. The molecule has 0 spiro atoms. The van der Waals surface area contributed by atoms with Crippen LogP contribution in [0.25, 0.3) is 11.8 Å². The molecule has 3 aromatic carbocycles. The third-order valence-corrected chi connectivity index (χ3v) is 4.80. The molecular weight excluding hydrogens is 376 g/mol. The number of cyclic esters (lactones) is 1. The van der Waals surface area contributed by atoms with Crippen LogP contribution in [0.3, 0.4) is 0 Å². The first kappa shape index (κ1) is 19.5. The number of carbonyl (C=O) groups is 1. The Morgan fingerprint density at radius 2 is 1.73 bits per heavy atom. The van der Waals surface area contributed by atoms with Crippen LogP contribution in [-0.4, -0.2) is 13.1 Å². The van der Waals surface area contributed by atoms with E-state index in [9.17, 15) is 4.79 Å². The first-order chi connectivity index (χ1) is 14.6. The van der Waals surface area contributed by atoms with Crippen molar-refractivity contribution in [3.05, 3.63) is 107 Å². The quantitative estimate of drug-likeness (QED) is 0.403. The summed E-state index contributed by atoms with van der Waals surface area (Å²) < 4.78 is 16.7. The summed E-state index contributed by atoms with van der Waals surface area (Å²) in [5.74, 6) is 1.56. The molecule has 1 aliphatic heterocycles. The Balaban J connectivity index is 1.49. The molecular formula is C26H22O4. The number of ether oxygens (including phenoxy) is 3. The van der Waals surface area contributed by atoms with E-state index in [1.807, 2.05) is 79.7 Å². The molecule has 0 aliphatic carbocycles. The van der Waals surface area contributed by atoms with Crippen LogP contribution in [0, 0.1) is 6.92 Å². The van der Waals surface area contributed by atoms with Crippen LogP contribution in [-0.2, 0) is 16.1 Å². The predicted molar refractivity (Wildman–Crippen MR) is 117 cm³/mol. The highest BCUT2D eigenvalue weighted by atomic mass is 16.5. The number of carbonyl (C=O) groups excluding carboxylic acids is 1. The fourth-order valence-electron chi connectivity index (χ4n) is 3.20. The van der Waals surface area contributed by atoms with E-state index in [1.165, 1.54) is 0 Å². The van der Waals surface area contributed by atoms with Gasteiger partial charge in [0.2, 0.25) is 0 Å². The molecule has 0 saturated carbocycles. The van der Waals surface area contributed by atoms with Crippen molar-refractivity contribution >= 4 is 17.8 Å². The van der Waals surface area contributed by atoms with Gasteiger partial charge in [-0.2, -0.15) is 0 Å². The van der Waals surface area contributed by atoms with Crippen molar-refractivity contribution in [2.24, 2.45) is 0 Å². The van der Waals surface area contributed by atoms with Gasteiger partial charge in [0.1, 0.15) is 23.9 Å². The minimum atomic E-state index is -0.378. The fourth-order valence-corrected chi connectivity index (χ4v) is 3.20. The highest BCUT2D eigenvalue weighted by Gasteiger charge is 2.24. The van der Waals surface area contributed by atoms with Gasteiger partial charge >= 0.3 is 5.97 Å². The molecule has 0 N–H and O–H groups in total. The molecule has 0 aromatic heterocycles. The predicted octanol–water partition coefficient (Wildman–Crippen LogP) is 5.56. The monoisotopic (exact) mass is 398 g/mol. The zero-order valence-corrected chi connectivity index (χ0v) is 16.9. The Morgan fingerprint density at radius 1 is 0.967 bits per heavy atom. The van der Waals surface area contributed by atoms with Crippen LogP contribution in [0.1, 0.15) is 22.3 Å². The van der Waals surface area contributed by atoms with Crippen molar-refractivity contribution < 1.29 is 19.0 Å². The number of esters is 1. The smallest absolute Gasteiger partial charge is 0.343 e. The lowest BCUT2D eigenvalue weighted by atomic mass is 10.1. The first-order valence-electron chi connectivity index (χ1n) is 9.70. The van der Waals surface area contributed by atoms with Crippen LogP contribution in [0.15, 0.2) is 84.4 Å². The van der Waals surface area contributed by atoms with Gasteiger partial charge in [-0.15, -0.1) is 0 Å². The summed E-state index contributed by atoms with van der Waals surface area (Å²) in [6, 6.07) is 23.4. The Morgan fingerprint density at radius 3 is 2.47 bits per heavy atom. The molecule has 3 aromatic rings. The van der Waals surface area contributed by atoms with E-state index in [0.29, 0.717) is 23.7 Å². The molecule has 30 heavy (non-hydrogen) atoms. The fraction of sp³-hybridized carbons (Fsp3) is 0.115. The van der Waals surface area contributed by atoms with Gasteiger partial charge in [0.05, 0.1) is 18.2 Å². The lowest BCUT2D eigenvalue weighted by molar-refractivity contribution is -0.130. The zero-order valence-electron chi connectivity index (χ0n) is 16.9. The van der Waals surface area contributed by atoms with Crippen LogP contribution in [0.2, 0.25) is 0 Å². The number of methoxy groups -OCH3 is 1. The van der Waals surface area contributed by atoms with Gasteiger partial charge < -0.3 is 14.2 Å². The normalized spacial score (nSPS) is 14.4. The highest BCUT2D eigenvalue weighted by molar-refractivity contribution is 6.05. The second-order valence-corrected chi connectivity index (χ2v) is 7.04. The number of rotatable bonds is 6. The van der Waals surface area contributed by atoms with Gasteiger partial charge in [-0.25, -0.2) is 4.79 Å². The minimum absolute atomic E-state index is 0.378. The van der Waals surface area contributed by atoms with E-state index in [2.05, 4.69) is 0 Å². The van der Waals surface area contributed by atoms with Gasteiger partial charge in [-0.05, 0) is 60.0 Å². The summed E-state index contributed by atoms with van der Waals surface area (Å²) in [6.45, 7) is 2.50. The summed E-state index contributed by atoms with van der Waals surface area (Å²) in [5.41, 5.74) is 4.32. The third-order valence-electron chi connectivity index (χ3n) is 4.80. The molecule has 0 saturated heterocycles. The average Bonchev–Trinajstić information content (AvgIpc) is 3.13. The molecule has 1 heterocycles. The molecule has 4 rings (SSSR count). The summed E-state index contributed by atoms with van der Waals surface area (Å²) in [7, 11) is 1.60. The molecule has 0 fully saturated rings. The lowest BCUT2D eigenvalue weighted by Gasteiger charge is -2.09. The average molecular weight is 398 g/mol. The standard InChI is InChI=1S/C26H22O4/c1-18-8-13-23(24(14-18)28-2)25-16-21(26(27)30-25)15-19-9-11-22(12-10-19)29-17-20-6-4-3-5-7-20/h3-16H,17H2,1-2H3. The zero-order chi connectivity index (χ0) is 20.9. The van der Waals surface area contributed by atoms with Crippen molar-refractivity contribution in [3.63, 3.8) is 0 Å². The van der Waals surface area contributed by atoms with Crippen molar-refractivity contribution in [1.29, 1.82) is 0 Å². The van der Waals surface area contributed by atoms with Gasteiger partial charge in [-0.3, -0.25) is 0 Å². The number of aryl methyl sites for hydroxylation is 1. The van der Waals surface area contributed by atoms with Gasteiger partial charge in [-0.1, -0.05) is 48.5 Å². The van der Waals surface area contributed by atoms with Gasteiger partial charge in [0.15, 0.2) is 0 Å². The topological polar surface area (TPSA) is 44.8 Å². The van der Waals surface area contributed by atoms with Crippen LogP contribution in [0.4, 0.5) is 0 Å². The van der Waals surface area contributed by atoms with Crippen LogP contribution < -0.4 is 9.47 Å². The van der Waals surface area contributed by atoms with Crippen LogP contribution in [0.5, 0.6) is 11.5 Å². The molecule has 4 nitrogen and oxygen atoms in total. The van der Waals surface area contributed by atoms with Crippen molar-refractivity contribution in [1.82, 2.24) is 0 Å². The van der Waals surface area contributed by atoms with Crippen molar-refractivity contribution in [2.45, 2.75) is 13.5 Å². The Labute approximate surface area is 176 Å². The first-order valence-corrected chi connectivity index (χ1v) is 9.70. The van der Waals surface area contributed by atoms with E-state index in [-0.39, 0.29) is 5.97 Å². The molecule has 4 heteroatoms. The number of benzene rings is 3. The van der Waals surface area contributed by atoms with E-state index >= 15 is 0 Å². The Kier molecular flexibility index (Phi) is 5.66. The Bertz CT molecular complexity index is 1110. The van der Waals surface area contributed by atoms with Crippen LogP contribution >= 0.6 is 0 Å². The van der Waals surface area contributed by atoms with Gasteiger partial charge in [0.25, 0.3) is 0 Å². The van der Waals surface area contributed by atoms with Gasteiger partial charge in [0, 0.05) is 0 Å². The Hall–Kier alpha value is -3.79. The minimum Gasteiger partial charge on any atom is -0.496 e. The number of hydrogen-bond donors (Lipinski definition) is 0. The summed E-state index contributed by atoms with van der Waals surface area (Å²) in [5, 5.41) is 0. The van der Waals surface area contributed by atoms with Crippen molar-refractivity contribution in [2.75, 3.05) is 7.11 Å². The molecule has 0 amide bonds. The second-order valence-electron chi connectivity index (χ2n) is 7.04. The highest BCUT2D eigenvalue weighted by Crippen LogP contribution is 2.33. The SMILES string of the molecule is COc1cc(C)ccc1C1=CC(=Cc2ccc(OCc3ccccc3)cc2)C(=O)O1. The van der Waals surface area contributed by atoms with E-state index in [0.717, 1.165) is 28.0 Å². The molecule has 1 aliphatic rings. The second kappa shape index (κ2) is 8.70. The van der Waals surface area contributed by atoms with Crippen molar-refractivity contribution in [3.8, 4) is 11.5 Å². The molecule has 0 atom stereocenters. The van der Waals surface area contributed by atoms with E-state index in [4.69, 9.17) is 14.2 Å². The number of hydrogen-bond acceptors (Lipinski definition) is 4.